The first kappa shape index (κ1) is 13.0. The van der Waals surface area contributed by atoms with Crippen molar-refractivity contribution in [2.24, 2.45) is 0 Å². The van der Waals surface area contributed by atoms with E-state index in [1.54, 1.807) is 7.11 Å². The molecule has 0 aliphatic rings. The van der Waals surface area contributed by atoms with Gasteiger partial charge in [-0.15, -0.1) is 0 Å². The van der Waals surface area contributed by atoms with Crippen LogP contribution in [0.3, 0.4) is 0 Å². The average Bonchev–Trinajstić information content (AvgIpc) is 2.25. The topological polar surface area (TPSA) is 75.6 Å². The highest BCUT2D eigenvalue weighted by molar-refractivity contribution is 5.93. The number of aliphatic carboxylic acids is 1. The van der Waals surface area contributed by atoms with Crippen LogP contribution in [-0.2, 0) is 16.1 Å². The van der Waals surface area contributed by atoms with Gasteiger partial charge in [-0.2, -0.15) is 0 Å². The number of amides is 1. The number of carbonyl (C=O) groups excluding carboxylic acids is 1. The molecule has 1 aromatic rings. The molecule has 0 bridgehead atoms. The van der Waals surface area contributed by atoms with Crippen molar-refractivity contribution in [2.75, 3.05) is 7.11 Å². The summed E-state index contributed by atoms with van der Waals surface area (Å²) < 4.78 is 5.15. The molecule has 17 heavy (non-hydrogen) atoms. The fraction of sp³-hybridized carbons (Fsp3) is 0.333. The molecule has 1 amide bonds. The first-order valence-corrected chi connectivity index (χ1v) is 5.15. The van der Waals surface area contributed by atoms with Gasteiger partial charge in [0.1, 0.15) is 12.2 Å². The molecule has 0 saturated carbocycles. The van der Waals surface area contributed by atoms with E-state index in [0.717, 1.165) is 11.1 Å². The van der Waals surface area contributed by atoms with E-state index >= 15 is 0 Å². The van der Waals surface area contributed by atoms with Gasteiger partial charge in [0.2, 0.25) is 5.91 Å². The van der Waals surface area contributed by atoms with Crippen LogP contribution in [0.2, 0.25) is 0 Å². The summed E-state index contributed by atoms with van der Waals surface area (Å²) in [6, 6.07) is 5.61. The molecule has 5 heteroatoms. The fourth-order valence-corrected chi connectivity index (χ4v) is 1.44. The molecule has 1 rings (SSSR count). The number of carboxylic acid groups (broad SMARTS) is 1. The quantitative estimate of drug-likeness (QED) is 0.752. The van der Waals surface area contributed by atoms with Gasteiger partial charge in [-0.05, 0) is 13.0 Å². The number of ether oxygens (including phenoxy) is 1. The summed E-state index contributed by atoms with van der Waals surface area (Å²) >= 11 is 0. The maximum atomic E-state index is 11.2. The number of rotatable bonds is 5. The Labute approximate surface area is 99.4 Å². The van der Waals surface area contributed by atoms with Crippen LogP contribution in [-0.4, -0.2) is 24.1 Å². The number of hydrogen-bond donors (Lipinski definition) is 2. The maximum absolute atomic E-state index is 11.2. The van der Waals surface area contributed by atoms with Gasteiger partial charge in [-0.1, -0.05) is 17.7 Å². The largest absolute Gasteiger partial charge is 0.496 e. The molecule has 0 spiro atoms. The van der Waals surface area contributed by atoms with Gasteiger partial charge in [0.15, 0.2) is 0 Å². The molecule has 2 N–H and O–H groups in total. The monoisotopic (exact) mass is 237 g/mol. The summed E-state index contributed by atoms with van der Waals surface area (Å²) in [5, 5.41) is 11.0. The first-order valence-electron chi connectivity index (χ1n) is 5.15. The summed E-state index contributed by atoms with van der Waals surface area (Å²) in [5.41, 5.74) is 1.87. The standard InChI is InChI=1S/C12H15NO4/c1-8-3-4-10(17-2)9(5-8)7-13-11(14)6-12(15)16/h3-5H,6-7H2,1-2H3,(H,13,14)(H,15,16). The van der Waals surface area contributed by atoms with Gasteiger partial charge in [-0.3, -0.25) is 9.59 Å². The highest BCUT2D eigenvalue weighted by atomic mass is 16.5. The number of benzene rings is 1. The van der Waals surface area contributed by atoms with Gasteiger partial charge in [0.05, 0.1) is 7.11 Å². The lowest BCUT2D eigenvalue weighted by Gasteiger charge is -2.10. The van der Waals surface area contributed by atoms with Crippen LogP contribution in [0.15, 0.2) is 18.2 Å². The molecule has 0 aliphatic heterocycles. The van der Waals surface area contributed by atoms with E-state index in [9.17, 15) is 9.59 Å². The van der Waals surface area contributed by atoms with E-state index in [-0.39, 0.29) is 6.54 Å². The second-order valence-electron chi connectivity index (χ2n) is 3.66. The number of methoxy groups -OCH3 is 1. The van der Waals surface area contributed by atoms with E-state index in [2.05, 4.69) is 5.32 Å². The van der Waals surface area contributed by atoms with Gasteiger partial charge in [0, 0.05) is 12.1 Å². The Hall–Kier alpha value is -2.04. The second-order valence-corrected chi connectivity index (χ2v) is 3.66. The van der Waals surface area contributed by atoms with Crippen LogP contribution in [0.4, 0.5) is 0 Å². The van der Waals surface area contributed by atoms with Crippen molar-refractivity contribution in [3.05, 3.63) is 29.3 Å². The Bertz CT molecular complexity index is 429. The maximum Gasteiger partial charge on any atom is 0.312 e. The van der Waals surface area contributed by atoms with E-state index in [1.165, 1.54) is 0 Å². The molecular weight excluding hydrogens is 222 g/mol. The summed E-state index contributed by atoms with van der Waals surface area (Å²) in [5.74, 6) is -0.981. The summed E-state index contributed by atoms with van der Waals surface area (Å²) in [4.78, 5) is 21.5. The summed E-state index contributed by atoms with van der Waals surface area (Å²) in [7, 11) is 1.55. The molecule has 0 fully saturated rings. The Balaban J connectivity index is 2.65. The van der Waals surface area contributed by atoms with Crippen LogP contribution < -0.4 is 10.1 Å². The van der Waals surface area contributed by atoms with Crippen molar-refractivity contribution in [1.29, 1.82) is 0 Å². The molecule has 0 saturated heterocycles. The minimum Gasteiger partial charge on any atom is -0.496 e. The summed E-state index contributed by atoms with van der Waals surface area (Å²) in [6.07, 6.45) is -0.520. The summed E-state index contributed by atoms with van der Waals surface area (Å²) in [6.45, 7) is 2.19. The minimum absolute atomic E-state index is 0.261. The SMILES string of the molecule is COc1ccc(C)cc1CNC(=O)CC(=O)O. The van der Waals surface area contributed by atoms with Crippen molar-refractivity contribution < 1.29 is 19.4 Å². The third kappa shape index (κ3) is 4.14. The van der Waals surface area contributed by atoms with Gasteiger partial charge in [0.25, 0.3) is 0 Å². The highest BCUT2D eigenvalue weighted by Crippen LogP contribution is 2.19. The van der Waals surface area contributed by atoms with Crippen LogP contribution >= 0.6 is 0 Å². The molecule has 0 radical (unpaired) electrons. The lowest BCUT2D eigenvalue weighted by molar-refractivity contribution is -0.140. The normalized spacial score (nSPS) is 9.76. The minimum atomic E-state index is -1.14. The van der Waals surface area contributed by atoms with Gasteiger partial charge in [-0.25, -0.2) is 0 Å². The zero-order chi connectivity index (χ0) is 12.8. The predicted octanol–water partition coefficient (Wildman–Crippen LogP) is 1.09. The number of aryl methyl sites for hydroxylation is 1. The molecule has 0 aliphatic carbocycles. The van der Waals surface area contributed by atoms with E-state index in [0.29, 0.717) is 5.75 Å². The Morgan fingerprint density at radius 3 is 2.71 bits per heavy atom. The first-order chi connectivity index (χ1) is 8.02. The third-order valence-electron chi connectivity index (χ3n) is 2.22. The number of carboxylic acids is 1. The second kappa shape index (κ2) is 5.89. The molecule has 0 unspecified atom stereocenters. The van der Waals surface area contributed by atoms with Crippen LogP contribution in [0.5, 0.6) is 5.75 Å². The lowest BCUT2D eigenvalue weighted by Crippen LogP contribution is -2.25. The Kier molecular flexibility index (Phi) is 4.51. The lowest BCUT2D eigenvalue weighted by atomic mass is 10.1. The van der Waals surface area contributed by atoms with Crippen molar-refractivity contribution >= 4 is 11.9 Å². The van der Waals surface area contributed by atoms with Gasteiger partial charge < -0.3 is 15.2 Å². The predicted molar refractivity (Wildman–Crippen MR) is 61.8 cm³/mol. The Morgan fingerprint density at radius 1 is 1.41 bits per heavy atom. The smallest absolute Gasteiger partial charge is 0.312 e. The van der Waals surface area contributed by atoms with Crippen molar-refractivity contribution in [2.45, 2.75) is 19.9 Å². The molecular formula is C12H15NO4. The van der Waals surface area contributed by atoms with Crippen LogP contribution in [0.25, 0.3) is 0 Å². The Morgan fingerprint density at radius 2 is 2.12 bits per heavy atom. The molecule has 92 valence electrons. The number of hydrogen-bond acceptors (Lipinski definition) is 3. The van der Waals surface area contributed by atoms with Crippen LogP contribution in [0.1, 0.15) is 17.5 Å². The highest BCUT2D eigenvalue weighted by Gasteiger charge is 2.09. The molecule has 0 aromatic heterocycles. The fourth-order valence-electron chi connectivity index (χ4n) is 1.44. The zero-order valence-electron chi connectivity index (χ0n) is 9.82. The number of carbonyl (C=O) groups is 2. The van der Waals surface area contributed by atoms with E-state index in [4.69, 9.17) is 9.84 Å². The zero-order valence-corrected chi connectivity index (χ0v) is 9.82. The molecule has 0 heterocycles. The molecule has 5 nitrogen and oxygen atoms in total. The van der Waals surface area contributed by atoms with Crippen molar-refractivity contribution in [3.63, 3.8) is 0 Å². The molecule has 1 aromatic carbocycles. The third-order valence-corrected chi connectivity index (χ3v) is 2.22. The van der Waals surface area contributed by atoms with Gasteiger partial charge >= 0.3 is 5.97 Å². The molecule has 0 atom stereocenters. The van der Waals surface area contributed by atoms with Crippen molar-refractivity contribution in [1.82, 2.24) is 5.32 Å². The number of nitrogens with one attached hydrogen (secondary N) is 1. The van der Waals surface area contributed by atoms with Crippen molar-refractivity contribution in [3.8, 4) is 5.75 Å². The van der Waals surface area contributed by atoms with Crippen LogP contribution in [0, 0.1) is 6.92 Å². The van der Waals surface area contributed by atoms with E-state index < -0.39 is 18.3 Å². The average molecular weight is 237 g/mol. The van der Waals surface area contributed by atoms with E-state index in [1.807, 2.05) is 25.1 Å².